The molecule has 0 spiro atoms. The maximum Gasteiger partial charge on any atom is 0.338 e. The summed E-state index contributed by atoms with van der Waals surface area (Å²) in [6, 6.07) is 9.81. The number of ether oxygens (including phenoxy) is 1. The van der Waals surface area contributed by atoms with Crippen molar-refractivity contribution in [2.75, 3.05) is 0 Å². The Morgan fingerprint density at radius 2 is 2.15 bits per heavy atom. The number of aromatic nitrogens is 3. The number of thiazole rings is 1. The van der Waals surface area contributed by atoms with Crippen LogP contribution in [0.15, 0.2) is 46.4 Å². The zero-order chi connectivity index (χ0) is 18.1. The molecule has 6 nitrogen and oxygen atoms in total. The smallest absolute Gasteiger partial charge is 0.338 e. The molecule has 0 amide bonds. The highest BCUT2D eigenvalue weighted by Crippen LogP contribution is 2.21. The van der Waals surface area contributed by atoms with Gasteiger partial charge in [-0.15, -0.1) is 11.3 Å². The van der Waals surface area contributed by atoms with Crippen molar-refractivity contribution in [2.24, 2.45) is 0 Å². The first-order chi connectivity index (χ1) is 12.6. The minimum atomic E-state index is -0.499. The first-order valence-corrected chi connectivity index (χ1v) is 8.57. The molecule has 0 N–H and O–H groups in total. The molecule has 2 aromatic carbocycles. The number of carbonyl (C=O) groups excluding carboxylic acids is 1. The molecule has 0 bridgehead atoms. The summed E-state index contributed by atoms with van der Waals surface area (Å²) in [4.78, 5) is 20.5. The number of carbonyl (C=O) groups is 1. The molecule has 0 radical (unpaired) electrons. The normalized spacial score (nSPS) is 11.0. The van der Waals surface area contributed by atoms with Gasteiger partial charge in [-0.3, -0.25) is 0 Å². The number of benzene rings is 2. The predicted molar refractivity (Wildman–Crippen MR) is 93.2 cm³/mol. The highest BCUT2D eigenvalue weighted by atomic mass is 32.1. The number of fused-ring (bicyclic) bond motifs is 1. The number of hydrogen-bond acceptors (Lipinski definition) is 7. The fraction of sp³-hybridized carbons (Fsp3) is 0.111. The van der Waals surface area contributed by atoms with Gasteiger partial charge in [0.2, 0.25) is 5.82 Å². The molecule has 4 rings (SSSR count). The van der Waals surface area contributed by atoms with Gasteiger partial charge in [-0.05, 0) is 36.8 Å². The van der Waals surface area contributed by atoms with E-state index < -0.39 is 5.97 Å². The molecule has 0 atom stereocenters. The van der Waals surface area contributed by atoms with Crippen molar-refractivity contribution in [3.8, 4) is 11.4 Å². The third kappa shape index (κ3) is 3.18. The standard InChI is InChI=1S/C18H12FN3O3S/c1-10-2-3-11(6-13(10)19)17-21-16(25-22-17)8-24-18(23)12-4-5-14-15(7-12)26-9-20-14/h2-7,9H,8H2,1H3. The van der Waals surface area contributed by atoms with Gasteiger partial charge < -0.3 is 9.26 Å². The fourth-order valence-electron chi connectivity index (χ4n) is 2.36. The van der Waals surface area contributed by atoms with Gasteiger partial charge in [0.15, 0.2) is 6.61 Å². The number of hydrogen-bond donors (Lipinski definition) is 0. The lowest BCUT2D eigenvalue weighted by Gasteiger charge is -2.01. The average Bonchev–Trinajstić information content (AvgIpc) is 3.30. The van der Waals surface area contributed by atoms with E-state index in [1.54, 1.807) is 42.8 Å². The quantitative estimate of drug-likeness (QED) is 0.503. The second-order valence-electron chi connectivity index (χ2n) is 5.59. The van der Waals surface area contributed by atoms with Crippen molar-refractivity contribution in [2.45, 2.75) is 13.5 Å². The van der Waals surface area contributed by atoms with Gasteiger partial charge in [0, 0.05) is 5.56 Å². The van der Waals surface area contributed by atoms with Gasteiger partial charge in [-0.1, -0.05) is 17.3 Å². The minimum absolute atomic E-state index is 0.133. The third-order valence-electron chi connectivity index (χ3n) is 3.79. The van der Waals surface area contributed by atoms with E-state index in [9.17, 15) is 9.18 Å². The summed E-state index contributed by atoms with van der Waals surface area (Å²) in [6.45, 7) is 1.50. The van der Waals surface area contributed by atoms with Crippen LogP contribution in [0.2, 0.25) is 0 Å². The van der Waals surface area contributed by atoms with Crippen molar-refractivity contribution in [1.82, 2.24) is 15.1 Å². The van der Waals surface area contributed by atoms with Crippen LogP contribution in [0.3, 0.4) is 0 Å². The van der Waals surface area contributed by atoms with E-state index in [2.05, 4.69) is 15.1 Å². The van der Waals surface area contributed by atoms with E-state index in [-0.39, 0.29) is 24.1 Å². The maximum atomic E-state index is 13.6. The Kier molecular flexibility index (Phi) is 4.18. The average molecular weight is 369 g/mol. The van der Waals surface area contributed by atoms with Crippen molar-refractivity contribution in [3.63, 3.8) is 0 Å². The first-order valence-electron chi connectivity index (χ1n) is 7.69. The van der Waals surface area contributed by atoms with Crippen LogP contribution in [-0.2, 0) is 11.3 Å². The minimum Gasteiger partial charge on any atom is -0.452 e. The van der Waals surface area contributed by atoms with E-state index in [0.717, 1.165) is 10.2 Å². The van der Waals surface area contributed by atoms with Gasteiger partial charge >= 0.3 is 5.97 Å². The van der Waals surface area contributed by atoms with Gasteiger partial charge in [0.05, 0.1) is 21.3 Å². The Balaban J connectivity index is 1.45. The molecule has 0 saturated heterocycles. The Morgan fingerprint density at radius 1 is 1.27 bits per heavy atom. The van der Waals surface area contributed by atoms with Crippen molar-refractivity contribution < 1.29 is 18.4 Å². The monoisotopic (exact) mass is 369 g/mol. The highest BCUT2D eigenvalue weighted by Gasteiger charge is 2.14. The van der Waals surface area contributed by atoms with Crippen LogP contribution in [0, 0.1) is 12.7 Å². The Morgan fingerprint density at radius 3 is 3.00 bits per heavy atom. The van der Waals surface area contributed by atoms with Gasteiger partial charge in [0.25, 0.3) is 5.89 Å². The number of halogens is 1. The second-order valence-corrected chi connectivity index (χ2v) is 6.47. The summed E-state index contributed by atoms with van der Waals surface area (Å²) < 4.78 is 24.8. The zero-order valence-electron chi connectivity index (χ0n) is 13.6. The number of rotatable bonds is 4. The number of esters is 1. The molecule has 0 fully saturated rings. The molecule has 0 aliphatic carbocycles. The zero-order valence-corrected chi connectivity index (χ0v) is 14.4. The molecule has 2 heterocycles. The SMILES string of the molecule is Cc1ccc(-c2noc(COC(=O)c3ccc4ncsc4c3)n2)cc1F. The Labute approximate surface area is 151 Å². The van der Waals surface area contributed by atoms with E-state index in [0.29, 0.717) is 16.7 Å². The number of nitrogens with zero attached hydrogens (tertiary/aromatic N) is 3. The van der Waals surface area contributed by atoms with Crippen LogP contribution in [0.1, 0.15) is 21.8 Å². The lowest BCUT2D eigenvalue weighted by Crippen LogP contribution is -2.05. The van der Waals surface area contributed by atoms with E-state index in [4.69, 9.17) is 9.26 Å². The van der Waals surface area contributed by atoms with Gasteiger partial charge in [0.1, 0.15) is 5.82 Å². The lowest BCUT2D eigenvalue weighted by molar-refractivity contribution is 0.0430. The lowest BCUT2D eigenvalue weighted by atomic mass is 10.1. The summed E-state index contributed by atoms with van der Waals surface area (Å²) >= 11 is 1.45. The van der Waals surface area contributed by atoms with Crippen LogP contribution >= 0.6 is 11.3 Å². The maximum absolute atomic E-state index is 13.6. The molecular formula is C18H12FN3O3S. The highest BCUT2D eigenvalue weighted by molar-refractivity contribution is 7.16. The van der Waals surface area contributed by atoms with Crippen LogP contribution in [0.4, 0.5) is 4.39 Å². The molecule has 0 saturated carbocycles. The summed E-state index contributed by atoms with van der Waals surface area (Å²) in [5.41, 5.74) is 3.99. The fourth-order valence-corrected chi connectivity index (χ4v) is 3.07. The van der Waals surface area contributed by atoms with Gasteiger partial charge in [-0.2, -0.15) is 4.98 Å². The van der Waals surface area contributed by atoms with Crippen molar-refractivity contribution in [1.29, 1.82) is 0 Å². The second kappa shape index (κ2) is 6.64. The Bertz CT molecular complexity index is 1110. The molecule has 2 aromatic heterocycles. The summed E-state index contributed by atoms with van der Waals surface area (Å²) in [5, 5.41) is 3.79. The van der Waals surface area contributed by atoms with Crippen molar-refractivity contribution >= 4 is 27.5 Å². The van der Waals surface area contributed by atoms with Crippen LogP contribution < -0.4 is 0 Å². The molecular weight excluding hydrogens is 357 g/mol. The van der Waals surface area contributed by atoms with Crippen LogP contribution in [-0.4, -0.2) is 21.1 Å². The molecule has 4 aromatic rings. The third-order valence-corrected chi connectivity index (χ3v) is 4.58. The Hall–Kier alpha value is -3.13. The van der Waals surface area contributed by atoms with Crippen LogP contribution in [0.25, 0.3) is 21.6 Å². The summed E-state index contributed by atoms with van der Waals surface area (Å²) in [5.74, 6) is -0.477. The van der Waals surface area contributed by atoms with E-state index >= 15 is 0 Å². The molecule has 26 heavy (non-hydrogen) atoms. The number of aryl methyl sites for hydroxylation is 1. The van der Waals surface area contributed by atoms with E-state index in [1.165, 1.54) is 17.4 Å². The molecule has 130 valence electrons. The summed E-state index contributed by atoms with van der Waals surface area (Å²) in [7, 11) is 0. The summed E-state index contributed by atoms with van der Waals surface area (Å²) in [6.07, 6.45) is 0. The predicted octanol–water partition coefficient (Wildman–Crippen LogP) is 4.15. The van der Waals surface area contributed by atoms with E-state index in [1.807, 2.05) is 0 Å². The molecule has 0 aliphatic heterocycles. The largest absolute Gasteiger partial charge is 0.452 e. The molecule has 0 aliphatic rings. The van der Waals surface area contributed by atoms with Crippen LogP contribution in [0.5, 0.6) is 0 Å². The molecule has 8 heteroatoms. The first kappa shape index (κ1) is 16.3. The molecule has 0 unspecified atom stereocenters. The van der Waals surface area contributed by atoms with Crippen molar-refractivity contribution in [3.05, 3.63) is 64.7 Å². The topological polar surface area (TPSA) is 78.1 Å². The van der Waals surface area contributed by atoms with Gasteiger partial charge in [-0.25, -0.2) is 14.2 Å².